The van der Waals surface area contributed by atoms with Crippen LogP contribution in [0, 0.1) is 0 Å². The molecule has 4 rings (SSSR count). The average molecular weight is 364 g/mol. The Morgan fingerprint density at radius 2 is 2.00 bits per heavy atom. The molecule has 138 valence electrons. The molecule has 1 fully saturated rings. The van der Waals surface area contributed by atoms with Gasteiger partial charge in [-0.25, -0.2) is 9.78 Å². The van der Waals surface area contributed by atoms with Gasteiger partial charge in [-0.3, -0.25) is 4.79 Å². The van der Waals surface area contributed by atoms with E-state index in [9.17, 15) is 9.59 Å². The summed E-state index contributed by atoms with van der Waals surface area (Å²) in [5, 5.41) is 3.47. The predicted molar refractivity (Wildman–Crippen MR) is 101 cm³/mol. The Kier molecular flexibility index (Phi) is 4.87. The van der Waals surface area contributed by atoms with Crippen molar-refractivity contribution in [3.63, 3.8) is 0 Å². The summed E-state index contributed by atoms with van der Waals surface area (Å²) in [6.45, 7) is 0.223. The van der Waals surface area contributed by atoms with Crippen LogP contribution >= 0.6 is 0 Å². The summed E-state index contributed by atoms with van der Waals surface area (Å²) >= 11 is 0. The first-order valence-electron chi connectivity index (χ1n) is 9.12. The summed E-state index contributed by atoms with van der Waals surface area (Å²) in [6, 6.07) is 12.3. The van der Waals surface area contributed by atoms with Gasteiger partial charge < -0.3 is 14.5 Å². The lowest BCUT2D eigenvalue weighted by molar-refractivity contribution is 0.0946. The normalized spacial score (nSPS) is 14.4. The van der Waals surface area contributed by atoms with E-state index < -0.39 is 11.5 Å². The third-order valence-electron chi connectivity index (χ3n) is 4.76. The molecular formula is C21H20N2O4. The maximum absolute atomic E-state index is 12.5. The zero-order chi connectivity index (χ0) is 18.6. The second kappa shape index (κ2) is 7.61. The van der Waals surface area contributed by atoms with Gasteiger partial charge in [0.1, 0.15) is 17.3 Å². The predicted octanol–water partition coefficient (Wildman–Crippen LogP) is 3.44. The second-order valence-corrected chi connectivity index (χ2v) is 6.66. The number of ether oxygens (including phenoxy) is 1. The highest BCUT2D eigenvalue weighted by Crippen LogP contribution is 2.25. The van der Waals surface area contributed by atoms with Crippen LogP contribution < -0.4 is 15.7 Å². The molecule has 27 heavy (non-hydrogen) atoms. The third-order valence-corrected chi connectivity index (χ3v) is 4.76. The standard InChI is InChI=1S/C21H20N2O4/c24-19(17-12-14-6-1-4-10-18(14)27-21(17)25)23-13-15-7-5-11-22-20(15)26-16-8-2-3-9-16/h1,4-7,10-12,16H,2-3,8-9,13H2,(H,23,24). The molecule has 2 aromatic heterocycles. The molecule has 0 atom stereocenters. The Balaban J connectivity index is 1.50. The van der Waals surface area contributed by atoms with Crippen molar-refractivity contribution in [2.45, 2.75) is 38.3 Å². The molecule has 0 unspecified atom stereocenters. The third kappa shape index (κ3) is 3.84. The van der Waals surface area contributed by atoms with Crippen LogP contribution in [0.25, 0.3) is 11.0 Å². The number of pyridine rings is 1. The van der Waals surface area contributed by atoms with Crippen LogP contribution in [0.5, 0.6) is 5.88 Å². The number of nitrogens with one attached hydrogen (secondary N) is 1. The van der Waals surface area contributed by atoms with Crippen molar-refractivity contribution in [2.24, 2.45) is 0 Å². The summed E-state index contributed by atoms with van der Waals surface area (Å²) in [7, 11) is 0. The molecule has 0 aliphatic heterocycles. The number of benzene rings is 1. The van der Waals surface area contributed by atoms with Crippen molar-refractivity contribution in [1.29, 1.82) is 0 Å². The molecule has 0 spiro atoms. The first kappa shape index (κ1) is 17.3. The van der Waals surface area contributed by atoms with Gasteiger partial charge in [-0.15, -0.1) is 0 Å². The Bertz CT molecular complexity index is 1020. The lowest BCUT2D eigenvalue weighted by atomic mass is 10.1. The highest BCUT2D eigenvalue weighted by Gasteiger charge is 2.19. The van der Waals surface area contributed by atoms with Crippen LogP contribution in [0.15, 0.2) is 57.9 Å². The van der Waals surface area contributed by atoms with E-state index >= 15 is 0 Å². The SMILES string of the molecule is O=C(NCc1cccnc1OC1CCCC1)c1cc2ccccc2oc1=O. The number of aromatic nitrogens is 1. The molecule has 0 bridgehead atoms. The molecule has 2 heterocycles. The summed E-state index contributed by atoms with van der Waals surface area (Å²) in [5.41, 5.74) is 0.567. The molecule has 1 aliphatic carbocycles. The first-order valence-corrected chi connectivity index (χ1v) is 9.12. The van der Waals surface area contributed by atoms with Gasteiger partial charge >= 0.3 is 5.63 Å². The minimum atomic E-state index is -0.653. The average Bonchev–Trinajstić information content (AvgIpc) is 3.19. The number of hydrogen-bond donors (Lipinski definition) is 1. The number of amides is 1. The van der Waals surface area contributed by atoms with E-state index in [2.05, 4.69) is 10.3 Å². The minimum absolute atomic E-state index is 0.0177. The van der Waals surface area contributed by atoms with Gasteiger partial charge in [0, 0.05) is 23.7 Å². The molecule has 1 amide bonds. The Morgan fingerprint density at radius 1 is 1.19 bits per heavy atom. The number of carbonyl (C=O) groups excluding carboxylic acids is 1. The van der Waals surface area contributed by atoms with Crippen LogP contribution in [0.1, 0.15) is 41.6 Å². The van der Waals surface area contributed by atoms with Crippen molar-refractivity contribution in [3.8, 4) is 5.88 Å². The molecule has 6 nitrogen and oxygen atoms in total. The first-order chi connectivity index (χ1) is 13.2. The van der Waals surface area contributed by atoms with Gasteiger partial charge in [0.05, 0.1) is 0 Å². The van der Waals surface area contributed by atoms with Crippen LogP contribution in [0.3, 0.4) is 0 Å². The molecule has 1 aromatic carbocycles. The van der Waals surface area contributed by atoms with Crippen molar-refractivity contribution in [1.82, 2.24) is 10.3 Å². The molecule has 0 radical (unpaired) electrons. The number of carbonyl (C=O) groups is 1. The highest BCUT2D eigenvalue weighted by molar-refractivity contribution is 5.96. The van der Waals surface area contributed by atoms with E-state index in [-0.39, 0.29) is 18.2 Å². The zero-order valence-corrected chi connectivity index (χ0v) is 14.8. The van der Waals surface area contributed by atoms with Gasteiger partial charge in [-0.1, -0.05) is 24.3 Å². The number of para-hydroxylation sites is 1. The molecule has 0 saturated heterocycles. The Labute approximate surface area is 156 Å². The molecule has 6 heteroatoms. The fourth-order valence-electron chi connectivity index (χ4n) is 3.32. The molecule has 3 aromatic rings. The molecule has 1 aliphatic rings. The Morgan fingerprint density at radius 3 is 2.85 bits per heavy atom. The van der Waals surface area contributed by atoms with Crippen molar-refractivity contribution in [3.05, 3.63) is 70.2 Å². The fraction of sp³-hybridized carbons (Fsp3) is 0.286. The van der Waals surface area contributed by atoms with Gasteiger partial charge in [0.25, 0.3) is 5.91 Å². The highest BCUT2D eigenvalue weighted by atomic mass is 16.5. The maximum atomic E-state index is 12.5. The smallest absolute Gasteiger partial charge is 0.349 e. The summed E-state index contributed by atoms with van der Waals surface area (Å²) < 4.78 is 11.2. The lowest BCUT2D eigenvalue weighted by Crippen LogP contribution is -2.28. The van der Waals surface area contributed by atoms with Crippen LogP contribution in [-0.4, -0.2) is 17.0 Å². The van der Waals surface area contributed by atoms with E-state index in [1.807, 2.05) is 12.1 Å². The van der Waals surface area contributed by atoms with Gasteiger partial charge in [-0.05, 0) is 43.9 Å². The minimum Gasteiger partial charge on any atom is -0.474 e. The summed E-state index contributed by atoms with van der Waals surface area (Å²) in [4.78, 5) is 28.9. The summed E-state index contributed by atoms with van der Waals surface area (Å²) in [5.74, 6) is 0.0559. The number of rotatable bonds is 5. The van der Waals surface area contributed by atoms with E-state index in [1.54, 1.807) is 36.5 Å². The van der Waals surface area contributed by atoms with Crippen molar-refractivity contribution < 1.29 is 13.9 Å². The van der Waals surface area contributed by atoms with Gasteiger partial charge in [0.15, 0.2) is 0 Å². The lowest BCUT2D eigenvalue weighted by Gasteiger charge is -2.15. The molecular weight excluding hydrogens is 344 g/mol. The van der Waals surface area contributed by atoms with Crippen molar-refractivity contribution in [2.75, 3.05) is 0 Å². The quantitative estimate of drug-likeness (QED) is 0.702. The van der Waals surface area contributed by atoms with Crippen molar-refractivity contribution >= 4 is 16.9 Å². The van der Waals surface area contributed by atoms with Crippen LogP contribution in [-0.2, 0) is 6.54 Å². The van der Waals surface area contributed by atoms with E-state index in [0.717, 1.165) is 18.4 Å². The number of hydrogen-bond acceptors (Lipinski definition) is 5. The molecule has 1 saturated carbocycles. The molecule has 1 N–H and O–H groups in total. The second-order valence-electron chi connectivity index (χ2n) is 6.66. The van der Waals surface area contributed by atoms with E-state index in [4.69, 9.17) is 9.15 Å². The Hall–Kier alpha value is -3.15. The van der Waals surface area contributed by atoms with Crippen LogP contribution in [0.2, 0.25) is 0 Å². The van der Waals surface area contributed by atoms with Gasteiger partial charge in [0.2, 0.25) is 5.88 Å². The number of nitrogens with zero attached hydrogens (tertiary/aromatic N) is 1. The summed E-state index contributed by atoms with van der Waals surface area (Å²) in [6.07, 6.45) is 6.25. The maximum Gasteiger partial charge on any atom is 0.349 e. The van der Waals surface area contributed by atoms with E-state index in [1.165, 1.54) is 12.8 Å². The van der Waals surface area contributed by atoms with Crippen LogP contribution in [0.4, 0.5) is 0 Å². The zero-order valence-electron chi connectivity index (χ0n) is 14.8. The largest absolute Gasteiger partial charge is 0.474 e. The number of fused-ring (bicyclic) bond motifs is 1. The topological polar surface area (TPSA) is 81.4 Å². The fourth-order valence-corrected chi connectivity index (χ4v) is 3.32. The van der Waals surface area contributed by atoms with E-state index in [0.29, 0.717) is 16.8 Å². The van der Waals surface area contributed by atoms with Gasteiger partial charge in [-0.2, -0.15) is 0 Å². The monoisotopic (exact) mass is 364 g/mol.